The summed E-state index contributed by atoms with van der Waals surface area (Å²) in [5, 5.41) is 4.30. The van der Waals surface area contributed by atoms with Gasteiger partial charge in [0.25, 0.3) is 5.91 Å². The van der Waals surface area contributed by atoms with Crippen LogP contribution in [0.15, 0.2) is 102 Å². The van der Waals surface area contributed by atoms with Crippen molar-refractivity contribution in [3.8, 4) is 0 Å². The van der Waals surface area contributed by atoms with Gasteiger partial charge in [-0.1, -0.05) is 65.7 Å². The van der Waals surface area contributed by atoms with Crippen molar-refractivity contribution in [2.75, 3.05) is 10.6 Å². The number of alkyl halides is 3. The molecular formula is C29H22ClF3N2O2S. The topological polar surface area (TPSA) is 58.2 Å². The highest BCUT2D eigenvalue weighted by Gasteiger charge is 2.35. The van der Waals surface area contributed by atoms with Gasteiger partial charge in [0.15, 0.2) is 0 Å². The minimum atomic E-state index is -4.70. The maximum atomic E-state index is 13.6. The van der Waals surface area contributed by atoms with Crippen molar-refractivity contribution < 1.29 is 22.8 Å². The number of aryl methyl sites for hydroxylation is 1. The van der Waals surface area contributed by atoms with E-state index in [9.17, 15) is 22.8 Å². The fourth-order valence-electron chi connectivity index (χ4n) is 3.65. The van der Waals surface area contributed by atoms with E-state index >= 15 is 0 Å². The summed E-state index contributed by atoms with van der Waals surface area (Å²) in [7, 11) is 0. The number of thioether (sulfide) groups is 1. The second-order valence-corrected chi connectivity index (χ2v) is 10.0. The van der Waals surface area contributed by atoms with Crippen LogP contribution in [0.3, 0.4) is 0 Å². The molecule has 2 N–H and O–H groups in total. The molecule has 9 heteroatoms. The number of benzene rings is 4. The second-order valence-electron chi connectivity index (χ2n) is 8.43. The van der Waals surface area contributed by atoms with Gasteiger partial charge in [-0.25, -0.2) is 0 Å². The molecule has 4 nitrogen and oxygen atoms in total. The van der Waals surface area contributed by atoms with Gasteiger partial charge < -0.3 is 10.6 Å². The maximum absolute atomic E-state index is 13.6. The van der Waals surface area contributed by atoms with Gasteiger partial charge in [-0.3, -0.25) is 9.59 Å². The fourth-order valence-corrected chi connectivity index (χ4v) is 4.91. The summed E-state index contributed by atoms with van der Waals surface area (Å²) in [6, 6.07) is 26.0. The lowest BCUT2D eigenvalue weighted by atomic mass is 10.1. The third-order valence-electron chi connectivity index (χ3n) is 5.54. The molecule has 194 valence electrons. The molecule has 4 rings (SSSR count). The Balaban J connectivity index is 1.58. The third-order valence-corrected chi connectivity index (χ3v) is 7.03. The number of carbonyl (C=O) groups is 2. The van der Waals surface area contributed by atoms with Gasteiger partial charge in [0.05, 0.1) is 11.3 Å². The molecule has 0 aromatic heterocycles. The monoisotopic (exact) mass is 554 g/mol. The average molecular weight is 555 g/mol. The van der Waals surface area contributed by atoms with Crippen molar-refractivity contribution in [3.63, 3.8) is 0 Å². The molecular weight excluding hydrogens is 533 g/mol. The van der Waals surface area contributed by atoms with Crippen molar-refractivity contribution in [2.45, 2.75) is 23.2 Å². The van der Waals surface area contributed by atoms with E-state index in [-0.39, 0.29) is 16.6 Å². The zero-order valence-electron chi connectivity index (χ0n) is 20.1. The molecule has 4 aromatic carbocycles. The summed E-state index contributed by atoms with van der Waals surface area (Å²) >= 11 is 6.93. The summed E-state index contributed by atoms with van der Waals surface area (Å²) in [5.74, 6) is -0.921. The summed E-state index contributed by atoms with van der Waals surface area (Å²) in [4.78, 5) is 26.6. The standard InChI is InChI=1S/C29H22ClF3N2O2S/c1-18-10-12-20(13-11-18)27(36)34-22-8-5-9-23(17-22)38-26(19-6-3-2-4-7-19)28(37)35-25-15-14-21(30)16-24(25)29(31,32)33/h2-17,26H,1H3,(H,34,36)(H,35,37). The van der Waals surface area contributed by atoms with Gasteiger partial charge in [-0.2, -0.15) is 13.2 Å². The molecule has 0 bridgehead atoms. The molecule has 0 radical (unpaired) electrons. The molecule has 0 spiro atoms. The highest BCUT2D eigenvalue weighted by molar-refractivity contribution is 8.00. The summed E-state index contributed by atoms with van der Waals surface area (Å²) in [6.07, 6.45) is -4.70. The van der Waals surface area contributed by atoms with Crippen LogP contribution in [0.4, 0.5) is 24.5 Å². The van der Waals surface area contributed by atoms with Crippen molar-refractivity contribution in [3.05, 3.63) is 124 Å². The highest BCUT2D eigenvalue weighted by Crippen LogP contribution is 2.40. The Morgan fingerprint density at radius 1 is 0.842 bits per heavy atom. The second kappa shape index (κ2) is 11.8. The number of rotatable bonds is 7. The lowest BCUT2D eigenvalue weighted by Crippen LogP contribution is -2.21. The third kappa shape index (κ3) is 6.96. The van der Waals surface area contributed by atoms with Crippen molar-refractivity contribution in [1.29, 1.82) is 0 Å². The summed E-state index contributed by atoms with van der Waals surface area (Å²) < 4.78 is 40.8. The first-order valence-corrected chi connectivity index (χ1v) is 12.7. The molecule has 0 heterocycles. The van der Waals surface area contributed by atoms with Gasteiger partial charge in [0, 0.05) is 21.2 Å². The molecule has 1 atom stereocenters. The van der Waals surface area contributed by atoms with Crippen LogP contribution in [-0.2, 0) is 11.0 Å². The normalized spacial score (nSPS) is 12.0. The molecule has 1 unspecified atom stereocenters. The van der Waals surface area contributed by atoms with E-state index < -0.39 is 22.9 Å². The van der Waals surface area contributed by atoms with E-state index in [1.807, 2.05) is 19.1 Å². The van der Waals surface area contributed by atoms with Gasteiger partial charge >= 0.3 is 6.18 Å². The molecule has 0 aliphatic carbocycles. The molecule has 0 aliphatic heterocycles. The van der Waals surface area contributed by atoms with E-state index in [4.69, 9.17) is 11.6 Å². The smallest absolute Gasteiger partial charge is 0.324 e. The number of hydrogen-bond donors (Lipinski definition) is 2. The van der Waals surface area contributed by atoms with Gasteiger partial charge in [-0.15, -0.1) is 11.8 Å². The van der Waals surface area contributed by atoms with Crippen LogP contribution in [-0.4, -0.2) is 11.8 Å². The number of halogens is 4. The molecule has 0 fully saturated rings. The molecule has 0 saturated heterocycles. The zero-order chi connectivity index (χ0) is 27.3. The van der Waals surface area contributed by atoms with Crippen molar-refractivity contribution >= 4 is 46.6 Å². The number of nitrogens with one attached hydrogen (secondary N) is 2. The molecule has 0 saturated carbocycles. The largest absolute Gasteiger partial charge is 0.418 e. The lowest BCUT2D eigenvalue weighted by molar-refractivity contribution is -0.137. The van der Waals surface area contributed by atoms with E-state index in [1.54, 1.807) is 66.7 Å². The van der Waals surface area contributed by atoms with Crippen LogP contribution in [0, 0.1) is 6.92 Å². The maximum Gasteiger partial charge on any atom is 0.418 e. The molecule has 2 amide bonds. The first-order valence-electron chi connectivity index (χ1n) is 11.5. The summed E-state index contributed by atoms with van der Waals surface area (Å²) in [5.41, 5.74) is 1.24. The minimum absolute atomic E-state index is 0.0891. The Morgan fingerprint density at radius 2 is 1.55 bits per heavy atom. The van der Waals surface area contributed by atoms with Gasteiger partial charge in [-0.05, 0) is 61.0 Å². The predicted octanol–water partition coefficient (Wildman–Crippen LogP) is 8.39. The quantitative estimate of drug-likeness (QED) is 0.226. The van der Waals surface area contributed by atoms with Crippen LogP contribution in [0.1, 0.15) is 32.3 Å². The zero-order valence-corrected chi connectivity index (χ0v) is 21.6. The van der Waals surface area contributed by atoms with Crippen LogP contribution in [0.2, 0.25) is 5.02 Å². The number of hydrogen-bond acceptors (Lipinski definition) is 3. The van der Waals surface area contributed by atoms with E-state index in [2.05, 4.69) is 10.6 Å². The summed E-state index contributed by atoms with van der Waals surface area (Å²) in [6.45, 7) is 1.93. The van der Waals surface area contributed by atoms with Gasteiger partial charge in [0.1, 0.15) is 5.25 Å². The lowest BCUT2D eigenvalue weighted by Gasteiger charge is -2.20. The van der Waals surface area contributed by atoms with E-state index in [1.165, 1.54) is 6.07 Å². The first kappa shape index (κ1) is 27.3. The van der Waals surface area contributed by atoms with Crippen LogP contribution in [0.25, 0.3) is 0 Å². The van der Waals surface area contributed by atoms with E-state index in [0.29, 0.717) is 21.7 Å². The Labute approximate surface area is 227 Å². The van der Waals surface area contributed by atoms with Gasteiger partial charge in [0.2, 0.25) is 5.91 Å². The number of anilines is 2. The number of amides is 2. The Bertz CT molecular complexity index is 1440. The van der Waals surface area contributed by atoms with E-state index in [0.717, 1.165) is 29.5 Å². The highest BCUT2D eigenvalue weighted by atomic mass is 35.5. The Hall–Kier alpha value is -3.75. The van der Waals surface area contributed by atoms with Crippen LogP contribution >= 0.6 is 23.4 Å². The number of carbonyl (C=O) groups excluding carboxylic acids is 2. The predicted molar refractivity (Wildman–Crippen MR) is 146 cm³/mol. The molecule has 4 aromatic rings. The minimum Gasteiger partial charge on any atom is -0.324 e. The van der Waals surface area contributed by atoms with Crippen LogP contribution in [0.5, 0.6) is 0 Å². The molecule has 0 aliphatic rings. The Morgan fingerprint density at radius 3 is 2.24 bits per heavy atom. The van der Waals surface area contributed by atoms with Crippen LogP contribution < -0.4 is 10.6 Å². The van der Waals surface area contributed by atoms with Crippen molar-refractivity contribution in [1.82, 2.24) is 0 Å². The molecule has 38 heavy (non-hydrogen) atoms. The average Bonchev–Trinajstić information content (AvgIpc) is 2.89. The first-order chi connectivity index (χ1) is 18.1. The SMILES string of the molecule is Cc1ccc(C(=O)Nc2cccc(SC(C(=O)Nc3ccc(Cl)cc3C(F)(F)F)c3ccccc3)c2)cc1. The van der Waals surface area contributed by atoms with Crippen molar-refractivity contribution in [2.24, 2.45) is 0 Å². The fraction of sp³-hybridized carbons (Fsp3) is 0.103. The Kier molecular flexibility index (Phi) is 8.44.